The molecule has 0 unspecified atom stereocenters. The third-order valence-corrected chi connectivity index (χ3v) is 9.68. The average molecular weight is 672 g/mol. The van der Waals surface area contributed by atoms with E-state index in [1.165, 1.54) is 24.4 Å². The second-order valence-electron chi connectivity index (χ2n) is 11.6. The maximum absolute atomic E-state index is 16.0. The number of fused-ring (bicyclic) bond motifs is 1. The van der Waals surface area contributed by atoms with Gasteiger partial charge in [0.1, 0.15) is 17.3 Å². The van der Waals surface area contributed by atoms with Gasteiger partial charge in [0.15, 0.2) is 21.2 Å². The molecule has 16 heteroatoms. The van der Waals surface area contributed by atoms with Gasteiger partial charge >= 0.3 is 11.9 Å². The van der Waals surface area contributed by atoms with Gasteiger partial charge in [0, 0.05) is 55.8 Å². The highest BCUT2D eigenvalue weighted by atomic mass is 32.2. The summed E-state index contributed by atoms with van der Waals surface area (Å²) in [5, 5.41) is -0.0542. The van der Waals surface area contributed by atoms with Crippen molar-refractivity contribution in [2.75, 3.05) is 30.8 Å². The smallest absolute Gasteiger partial charge is 0.350 e. The molecule has 1 saturated carbocycles. The molecule has 11 nitrogen and oxygen atoms in total. The molecule has 1 aliphatic heterocycles. The first-order chi connectivity index (χ1) is 22.2. The SMILES string of the molecule is C=CC(=O)N1CCN(c2nc(=O)n(-c3c(S(C)(=O)=O)ccnc3C3CCC3)c3nc(-c4cccnc4C(F)(F)F)c(F)cc23)[C@@H](C)C1. The minimum absolute atomic E-state index is 0.0189. The summed E-state index contributed by atoms with van der Waals surface area (Å²) in [7, 11) is -4.00. The molecule has 0 bridgehead atoms. The molecule has 246 valence electrons. The Labute approximate surface area is 266 Å². The minimum atomic E-state index is -4.97. The molecule has 1 saturated heterocycles. The van der Waals surface area contributed by atoms with Gasteiger partial charge in [-0.15, -0.1) is 0 Å². The number of hydrogen-bond acceptors (Lipinski definition) is 9. The molecule has 0 spiro atoms. The minimum Gasteiger partial charge on any atom is -0.350 e. The van der Waals surface area contributed by atoms with Gasteiger partial charge in [-0.1, -0.05) is 13.0 Å². The molecule has 2 fully saturated rings. The van der Waals surface area contributed by atoms with Crippen molar-refractivity contribution >= 4 is 32.6 Å². The van der Waals surface area contributed by atoms with E-state index >= 15 is 4.39 Å². The highest BCUT2D eigenvalue weighted by molar-refractivity contribution is 7.90. The lowest BCUT2D eigenvalue weighted by Crippen LogP contribution is -2.54. The third kappa shape index (κ3) is 5.74. The van der Waals surface area contributed by atoms with Crippen LogP contribution in [0.3, 0.4) is 0 Å². The van der Waals surface area contributed by atoms with Crippen LogP contribution in [0.2, 0.25) is 0 Å². The summed E-state index contributed by atoms with van der Waals surface area (Å²) >= 11 is 0. The van der Waals surface area contributed by atoms with E-state index in [0.29, 0.717) is 12.8 Å². The van der Waals surface area contributed by atoms with Crippen LogP contribution in [0.1, 0.15) is 43.5 Å². The fourth-order valence-electron chi connectivity index (χ4n) is 6.09. The molecule has 1 atom stereocenters. The number of alkyl halides is 3. The number of amides is 1. The Morgan fingerprint density at radius 2 is 1.85 bits per heavy atom. The zero-order valence-corrected chi connectivity index (χ0v) is 26.1. The molecule has 1 aliphatic carbocycles. The van der Waals surface area contributed by atoms with Crippen LogP contribution >= 0.6 is 0 Å². The van der Waals surface area contributed by atoms with Gasteiger partial charge in [0.05, 0.1) is 21.7 Å². The third-order valence-electron chi connectivity index (χ3n) is 8.55. The van der Waals surface area contributed by atoms with E-state index in [1.807, 2.05) is 0 Å². The Kier molecular flexibility index (Phi) is 8.10. The summed E-state index contributed by atoms with van der Waals surface area (Å²) in [5.74, 6) is -1.67. The summed E-state index contributed by atoms with van der Waals surface area (Å²) in [6, 6.07) is 3.94. The number of piperazine rings is 1. The lowest BCUT2D eigenvalue weighted by molar-refractivity contribution is -0.140. The molecule has 0 radical (unpaired) electrons. The molecule has 5 heterocycles. The van der Waals surface area contributed by atoms with Gasteiger partial charge in [-0.05, 0) is 50.1 Å². The Morgan fingerprint density at radius 3 is 2.47 bits per heavy atom. The van der Waals surface area contributed by atoms with Crippen molar-refractivity contribution in [3.8, 4) is 16.9 Å². The molecule has 1 amide bonds. The maximum atomic E-state index is 16.0. The highest BCUT2D eigenvalue weighted by Gasteiger charge is 2.38. The fraction of sp³-hybridized carbons (Fsp3) is 0.355. The Morgan fingerprint density at radius 1 is 1.11 bits per heavy atom. The number of anilines is 1. The van der Waals surface area contributed by atoms with E-state index < -0.39 is 50.5 Å². The van der Waals surface area contributed by atoms with E-state index in [4.69, 9.17) is 0 Å². The molecule has 47 heavy (non-hydrogen) atoms. The number of hydrogen-bond donors (Lipinski definition) is 0. The number of nitrogens with zero attached hydrogens (tertiary/aromatic N) is 7. The van der Waals surface area contributed by atoms with Crippen LogP contribution < -0.4 is 10.6 Å². The number of pyridine rings is 3. The molecule has 4 aromatic heterocycles. The van der Waals surface area contributed by atoms with Crippen molar-refractivity contribution in [2.24, 2.45) is 0 Å². The molecular formula is C31H29F4N7O4S. The van der Waals surface area contributed by atoms with Crippen molar-refractivity contribution in [3.05, 3.63) is 77.0 Å². The predicted molar refractivity (Wildman–Crippen MR) is 164 cm³/mol. The number of carbonyl (C=O) groups is 1. The van der Waals surface area contributed by atoms with Gasteiger partial charge in [0.25, 0.3) is 0 Å². The van der Waals surface area contributed by atoms with Gasteiger partial charge in [-0.3, -0.25) is 14.8 Å². The van der Waals surface area contributed by atoms with Gasteiger partial charge in [0.2, 0.25) is 5.91 Å². The largest absolute Gasteiger partial charge is 0.434 e. The lowest BCUT2D eigenvalue weighted by Gasteiger charge is -2.40. The number of sulfone groups is 1. The van der Waals surface area contributed by atoms with Crippen LogP contribution in [0.15, 0.2) is 59.0 Å². The van der Waals surface area contributed by atoms with Crippen molar-refractivity contribution in [3.63, 3.8) is 0 Å². The molecular weight excluding hydrogens is 642 g/mol. The molecule has 0 aromatic carbocycles. The van der Waals surface area contributed by atoms with Crippen LogP contribution in [0.5, 0.6) is 0 Å². The standard InChI is InChI=1S/C31H29F4N7O4S/c1-4-23(43)40-13-14-41(17(2)16-40)28-20-15-21(32)25(19-9-6-11-37-27(19)31(33,34)35)38-29(20)42(30(44)39-28)26-22(47(3,45)46)10-12-36-24(26)18-7-5-8-18/h4,6,9-12,15,17-18H,1,5,7-8,13-14,16H2,2-3H3/t17-/m0/s1. The van der Waals surface area contributed by atoms with Crippen molar-refractivity contribution in [1.29, 1.82) is 0 Å². The number of rotatable bonds is 6. The van der Waals surface area contributed by atoms with Crippen molar-refractivity contribution < 1.29 is 30.8 Å². The van der Waals surface area contributed by atoms with Crippen LogP contribution in [0.25, 0.3) is 28.0 Å². The summed E-state index contributed by atoms with van der Waals surface area (Å²) in [6.07, 6.45) is 1.57. The normalized spacial score (nSPS) is 17.5. The van der Waals surface area contributed by atoms with Crippen molar-refractivity contribution in [1.82, 2.24) is 29.4 Å². The topological polar surface area (TPSA) is 131 Å². The second-order valence-corrected chi connectivity index (χ2v) is 13.6. The van der Waals surface area contributed by atoms with E-state index in [-0.39, 0.29) is 64.6 Å². The molecule has 2 aliphatic rings. The summed E-state index contributed by atoms with van der Waals surface area (Å²) < 4.78 is 85.2. The number of carbonyl (C=O) groups excluding carboxylic acids is 1. The average Bonchev–Trinajstić information content (AvgIpc) is 2.99. The van der Waals surface area contributed by atoms with Crippen LogP contribution in [-0.4, -0.2) is 75.7 Å². The van der Waals surface area contributed by atoms with Gasteiger partial charge in [-0.2, -0.15) is 18.2 Å². The fourth-order valence-corrected chi connectivity index (χ4v) is 6.95. The molecule has 6 rings (SSSR count). The zero-order chi connectivity index (χ0) is 33.8. The summed E-state index contributed by atoms with van der Waals surface area (Å²) in [4.78, 5) is 45.9. The van der Waals surface area contributed by atoms with Crippen LogP contribution in [-0.2, 0) is 20.8 Å². The van der Waals surface area contributed by atoms with Crippen LogP contribution in [0, 0.1) is 5.82 Å². The predicted octanol–water partition coefficient (Wildman–Crippen LogP) is 4.29. The highest BCUT2D eigenvalue weighted by Crippen LogP contribution is 2.42. The quantitative estimate of drug-likeness (QED) is 0.218. The first-order valence-corrected chi connectivity index (χ1v) is 16.6. The summed E-state index contributed by atoms with van der Waals surface area (Å²) in [6.45, 7) is 5.88. The van der Waals surface area contributed by atoms with E-state index in [0.717, 1.165) is 35.6 Å². The molecule has 4 aromatic rings. The van der Waals surface area contributed by atoms with Crippen molar-refractivity contribution in [2.45, 2.75) is 49.2 Å². The van der Waals surface area contributed by atoms with Crippen LogP contribution in [0.4, 0.5) is 23.4 Å². The number of halogens is 4. The lowest BCUT2D eigenvalue weighted by atomic mass is 9.82. The van der Waals surface area contributed by atoms with Gasteiger partial charge in [-0.25, -0.2) is 27.2 Å². The van der Waals surface area contributed by atoms with E-state index in [9.17, 15) is 31.2 Å². The monoisotopic (exact) mass is 671 g/mol. The maximum Gasteiger partial charge on any atom is 0.434 e. The molecule has 0 N–H and O–H groups in total. The first-order valence-electron chi connectivity index (χ1n) is 14.7. The van der Waals surface area contributed by atoms with Gasteiger partial charge < -0.3 is 9.80 Å². The Balaban J connectivity index is 1.69. The Hall–Kier alpha value is -4.73. The summed E-state index contributed by atoms with van der Waals surface area (Å²) in [5.41, 5.74) is -3.96. The van der Waals surface area contributed by atoms with E-state index in [1.54, 1.807) is 16.7 Å². The zero-order valence-electron chi connectivity index (χ0n) is 25.3. The van der Waals surface area contributed by atoms with E-state index in [2.05, 4.69) is 26.5 Å². The second kappa shape index (κ2) is 11.8. The Bertz CT molecular complexity index is 2100. The number of aromatic nitrogens is 5. The first kappa shape index (κ1) is 32.2.